The zero-order chi connectivity index (χ0) is 49.9. The first-order valence-corrected chi connectivity index (χ1v) is 28.3. The molecule has 0 amide bonds. The topological polar surface area (TPSA) is 108 Å². The average molecular weight is 960 g/mol. The minimum Gasteiger partial charge on any atom is -0.477 e. The van der Waals surface area contributed by atoms with Gasteiger partial charge in [-0.1, -0.05) is 210 Å². The van der Waals surface area contributed by atoms with Crippen LogP contribution < -0.4 is 0 Å². The van der Waals surface area contributed by atoms with Crippen LogP contribution in [0.15, 0.2) is 48.6 Å². The second-order valence-electron chi connectivity index (χ2n) is 20.2. The molecule has 0 aromatic carbocycles. The van der Waals surface area contributed by atoms with Gasteiger partial charge in [0.05, 0.1) is 34.4 Å². The summed E-state index contributed by atoms with van der Waals surface area (Å²) in [5, 5.41) is 9.68. The molecule has 0 aliphatic rings. The maximum absolute atomic E-state index is 12.9. The van der Waals surface area contributed by atoms with Crippen molar-refractivity contribution in [1.29, 1.82) is 0 Å². The predicted molar refractivity (Wildman–Crippen MR) is 286 cm³/mol. The fraction of sp³-hybridized carbons (Fsp3) is 0.814. The Morgan fingerprint density at radius 3 is 1.19 bits per heavy atom. The van der Waals surface area contributed by atoms with E-state index >= 15 is 0 Å². The average Bonchev–Trinajstić information content (AvgIpc) is 3.30. The van der Waals surface area contributed by atoms with Crippen molar-refractivity contribution >= 4 is 17.9 Å². The highest BCUT2D eigenvalue weighted by Crippen LogP contribution is 2.16. The van der Waals surface area contributed by atoms with Crippen LogP contribution in [0, 0.1) is 0 Å². The van der Waals surface area contributed by atoms with Gasteiger partial charge < -0.3 is 28.5 Å². The molecule has 9 heteroatoms. The number of carboxylic acids is 1. The molecule has 0 saturated carbocycles. The molecule has 0 rings (SSSR count). The van der Waals surface area contributed by atoms with E-state index in [4.69, 9.17) is 18.9 Å². The third kappa shape index (κ3) is 51.1. The lowest BCUT2D eigenvalue weighted by Crippen LogP contribution is -2.40. The molecule has 0 aliphatic heterocycles. The number of quaternary nitrogens is 1. The summed E-state index contributed by atoms with van der Waals surface area (Å²) in [4.78, 5) is 37.3. The van der Waals surface area contributed by atoms with Crippen molar-refractivity contribution in [3.63, 3.8) is 0 Å². The lowest BCUT2D eigenvalue weighted by molar-refractivity contribution is -0.870. The number of nitrogens with zero attached hydrogens (tertiary/aromatic N) is 1. The summed E-state index contributed by atoms with van der Waals surface area (Å²) in [5.41, 5.74) is 0. The smallest absolute Gasteiger partial charge is 0.361 e. The molecule has 2 atom stereocenters. The number of rotatable bonds is 52. The van der Waals surface area contributed by atoms with Gasteiger partial charge in [0.2, 0.25) is 0 Å². The Balaban J connectivity index is 4.18. The summed E-state index contributed by atoms with van der Waals surface area (Å²) in [6.07, 6.45) is 59.0. The number of aliphatic carboxylic acids is 1. The molecule has 396 valence electrons. The van der Waals surface area contributed by atoms with E-state index in [0.717, 1.165) is 70.6 Å². The first kappa shape index (κ1) is 65.2. The number of carboxylic acid groups (broad SMARTS) is 1. The molecule has 0 heterocycles. The van der Waals surface area contributed by atoms with Gasteiger partial charge in [0.15, 0.2) is 6.10 Å². The molecule has 0 radical (unpaired) electrons. The monoisotopic (exact) mass is 959 g/mol. The maximum atomic E-state index is 12.9. The highest BCUT2D eigenvalue weighted by atomic mass is 16.7. The van der Waals surface area contributed by atoms with E-state index in [1.165, 1.54) is 154 Å². The molecule has 0 spiro atoms. The summed E-state index contributed by atoms with van der Waals surface area (Å²) in [6.45, 7) is 4.86. The van der Waals surface area contributed by atoms with E-state index in [9.17, 15) is 19.5 Å². The number of hydrogen-bond acceptors (Lipinski definition) is 7. The Morgan fingerprint density at radius 1 is 0.441 bits per heavy atom. The quantitative estimate of drug-likeness (QED) is 0.0211. The van der Waals surface area contributed by atoms with E-state index in [-0.39, 0.29) is 32.2 Å². The van der Waals surface area contributed by atoms with Crippen LogP contribution in [0.5, 0.6) is 0 Å². The van der Waals surface area contributed by atoms with Crippen molar-refractivity contribution in [3.8, 4) is 0 Å². The third-order valence-corrected chi connectivity index (χ3v) is 12.3. The molecule has 2 unspecified atom stereocenters. The third-order valence-electron chi connectivity index (χ3n) is 12.3. The molecule has 0 aromatic heterocycles. The fourth-order valence-electron chi connectivity index (χ4n) is 7.90. The van der Waals surface area contributed by atoms with Crippen LogP contribution in [0.1, 0.15) is 251 Å². The molecule has 0 saturated heterocycles. The summed E-state index contributed by atoms with van der Waals surface area (Å²) in [6, 6.07) is 0. The van der Waals surface area contributed by atoms with Crippen LogP contribution in [0.25, 0.3) is 0 Å². The van der Waals surface area contributed by atoms with Crippen molar-refractivity contribution in [2.75, 3.05) is 47.5 Å². The van der Waals surface area contributed by atoms with Crippen molar-refractivity contribution in [1.82, 2.24) is 0 Å². The second-order valence-corrected chi connectivity index (χ2v) is 20.2. The number of ether oxygens (including phenoxy) is 4. The Bertz CT molecular complexity index is 1250. The first-order valence-electron chi connectivity index (χ1n) is 28.3. The molecule has 68 heavy (non-hydrogen) atoms. The van der Waals surface area contributed by atoms with Gasteiger partial charge in [0, 0.05) is 12.8 Å². The van der Waals surface area contributed by atoms with Crippen LogP contribution in [0.4, 0.5) is 0 Å². The molecule has 0 aromatic rings. The molecular weight excluding hydrogens is 851 g/mol. The summed E-state index contributed by atoms with van der Waals surface area (Å²) in [5.74, 6) is -2.01. The zero-order valence-electron chi connectivity index (χ0n) is 45.0. The molecule has 9 nitrogen and oxygen atoms in total. The van der Waals surface area contributed by atoms with Gasteiger partial charge in [-0.05, 0) is 77.0 Å². The second kappa shape index (κ2) is 50.6. The SMILES string of the molecule is CCCCCCC/C=C\C/C=C\C/C=C\CCCCCCCCCCCCCCCCC(=O)OC(COC(=O)CCCCCCC/C=C\CCCCCCC)COC(OCC[N+](C)(C)C)C(=O)O. The van der Waals surface area contributed by atoms with E-state index in [1.54, 1.807) is 0 Å². The molecule has 0 fully saturated rings. The molecule has 1 N–H and O–H groups in total. The van der Waals surface area contributed by atoms with Gasteiger partial charge in [-0.2, -0.15) is 0 Å². The van der Waals surface area contributed by atoms with E-state index in [0.29, 0.717) is 17.4 Å². The molecular formula is C59H108NO8+. The highest BCUT2D eigenvalue weighted by Gasteiger charge is 2.25. The Hall–Kier alpha value is -2.75. The van der Waals surface area contributed by atoms with E-state index in [1.807, 2.05) is 21.1 Å². The van der Waals surface area contributed by atoms with Crippen molar-refractivity contribution in [2.24, 2.45) is 0 Å². The van der Waals surface area contributed by atoms with Gasteiger partial charge >= 0.3 is 17.9 Å². The van der Waals surface area contributed by atoms with Gasteiger partial charge in [0.1, 0.15) is 13.2 Å². The fourth-order valence-corrected chi connectivity index (χ4v) is 7.90. The lowest BCUT2D eigenvalue weighted by atomic mass is 10.0. The van der Waals surface area contributed by atoms with Crippen LogP contribution in [0.3, 0.4) is 0 Å². The summed E-state index contributed by atoms with van der Waals surface area (Å²) in [7, 11) is 5.96. The largest absolute Gasteiger partial charge is 0.477 e. The maximum Gasteiger partial charge on any atom is 0.361 e. The lowest BCUT2D eigenvalue weighted by Gasteiger charge is -2.25. The minimum atomic E-state index is -1.51. The molecule has 0 bridgehead atoms. The number of carbonyl (C=O) groups is 3. The van der Waals surface area contributed by atoms with Gasteiger partial charge in [-0.3, -0.25) is 9.59 Å². The Kier molecular flexibility index (Phi) is 48.6. The van der Waals surface area contributed by atoms with Crippen molar-refractivity contribution < 1.29 is 42.9 Å². The number of allylic oxidation sites excluding steroid dienone is 8. The van der Waals surface area contributed by atoms with Gasteiger partial charge in [0.25, 0.3) is 6.29 Å². The van der Waals surface area contributed by atoms with Gasteiger partial charge in [-0.15, -0.1) is 0 Å². The number of carbonyl (C=O) groups excluding carboxylic acids is 2. The summed E-state index contributed by atoms with van der Waals surface area (Å²) >= 11 is 0. The van der Waals surface area contributed by atoms with Crippen molar-refractivity contribution in [3.05, 3.63) is 48.6 Å². The predicted octanol–water partition coefficient (Wildman–Crippen LogP) is 16.3. The Labute approximate surface area is 419 Å². The Morgan fingerprint density at radius 2 is 0.794 bits per heavy atom. The zero-order valence-corrected chi connectivity index (χ0v) is 45.0. The number of esters is 2. The van der Waals surface area contributed by atoms with Gasteiger partial charge in [-0.25, -0.2) is 4.79 Å². The first-order chi connectivity index (χ1) is 33.1. The standard InChI is InChI=1S/C59H107NO8/c1-6-8-10-12-14-16-18-20-22-23-24-25-26-27-28-29-30-31-32-33-34-35-36-38-40-42-44-46-48-50-57(62)68-55(54-67-59(58(63)64)65-52-51-60(3,4)5)53-66-56(61)49-47-45-43-41-39-37-21-19-17-15-13-11-9-7-2/h18-21,23-24,26-27,55,59H,6-17,22,25,28-54H2,1-5H3/p+1/b20-18-,21-19-,24-23-,27-26-. The number of likely N-dealkylation sites (N-methyl/N-ethyl adjacent to an activating group) is 1. The van der Waals surface area contributed by atoms with Crippen LogP contribution in [-0.4, -0.2) is 87.4 Å². The van der Waals surface area contributed by atoms with E-state index < -0.39 is 24.3 Å². The van der Waals surface area contributed by atoms with Crippen molar-refractivity contribution in [2.45, 2.75) is 264 Å². The summed E-state index contributed by atoms with van der Waals surface area (Å²) < 4.78 is 22.8. The van der Waals surface area contributed by atoms with Crippen LogP contribution >= 0.6 is 0 Å². The minimum absolute atomic E-state index is 0.185. The van der Waals surface area contributed by atoms with Crippen LogP contribution in [0.2, 0.25) is 0 Å². The number of hydrogen-bond donors (Lipinski definition) is 1. The van der Waals surface area contributed by atoms with E-state index in [2.05, 4.69) is 62.5 Å². The number of unbranched alkanes of at least 4 members (excludes halogenated alkanes) is 29. The highest BCUT2D eigenvalue weighted by molar-refractivity contribution is 5.71. The van der Waals surface area contributed by atoms with Crippen LogP contribution in [-0.2, 0) is 33.3 Å². The normalized spacial score (nSPS) is 13.1. The molecule has 0 aliphatic carbocycles.